The van der Waals surface area contributed by atoms with E-state index in [0.29, 0.717) is 0 Å². The van der Waals surface area contributed by atoms with Crippen molar-refractivity contribution >= 4 is 29.6 Å². The van der Waals surface area contributed by atoms with E-state index in [4.69, 9.17) is 16.6 Å². The molecule has 176 valence electrons. The second-order valence-corrected chi connectivity index (χ2v) is 7.70. The second-order valence-electron chi connectivity index (χ2n) is 7.70. The number of aliphatic carboxylic acids is 1. The Hall–Kier alpha value is -3.47. The van der Waals surface area contributed by atoms with Crippen molar-refractivity contribution in [3.05, 3.63) is 35.9 Å². The molecule has 3 atom stereocenters. The molecule has 0 aliphatic heterocycles. The lowest BCUT2D eigenvalue weighted by Gasteiger charge is -2.26. The highest BCUT2D eigenvalue weighted by atomic mass is 16.4. The Morgan fingerprint density at radius 2 is 1.59 bits per heavy atom. The first kappa shape index (κ1) is 26.6. The SMILES string of the molecule is CC(C)C(NC(=O)C(N)Cc1ccccc1)C(=O)NC(CCC(N)=O)C(=O)NCC(=O)O. The van der Waals surface area contributed by atoms with Gasteiger partial charge in [-0.1, -0.05) is 44.2 Å². The van der Waals surface area contributed by atoms with Crippen molar-refractivity contribution < 1.29 is 29.1 Å². The molecule has 0 aromatic heterocycles. The fourth-order valence-electron chi connectivity index (χ4n) is 2.86. The van der Waals surface area contributed by atoms with Crippen molar-refractivity contribution in [2.24, 2.45) is 17.4 Å². The average Bonchev–Trinajstić information content (AvgIpc) is 2.73. The van der Waals surface area contributed by atoms with Gasteiger partial charge >= 0.3 is 5.97 Å². The number of carboxylic acids is 1. The first-order valence-corrected chi connectivity index (χ1v) is 10.2. The Kier molecular flexibility index (Phi) is 10.8. The number of nitrogens with two attached hydrogens (primary N) is 2. The summed E-state index contributed by atoms with van der Waals surface area (Å²) in [5.74, 6) is -4.28. The van der Waals surface area contributed by atoms with Crippen LogP contribution in [0, 0.1) is 5.92 Å². The summed E-state index contributed by atoms with van der Waals surface area (Å²) in [7, 11) is 0. The normalized spacial score (nSPS) is 13.5. The predicted molar refractivity (Wildman–Crippen MR) is 116 cm³/mol. The zero-order valence-electron chi connectivity index (χ0n) is 18.2. The minimum Gasteiger partial charge on any atom is -0.480 e. The van der Waals surface area contributed by atoms with Gasteiger partial charge in [0.1, 0.15) is 18.6 Å². The summed E-state index contributed by atoms with van der Waals surface area (Å²) in [5, 5.41) is 15.9. The minimum atomic E-state index is -1.27. The van der Waals surface area contributed by atoms with Gasteiger partial charge < -0.3 is 32.5 Å². The lowest BCUT2D eigenvalue weighted by atomic mass is 10.0. The molecule has 8 N–H and O–H groups in total. The monoisotopic (exact) mass is 449 g/mol. The summed E-state index contributed by atoms with van der Waals surface area (Å²) in [6.45, 7) is 2.76. The van der Waals surface area contributed by atoms with E-state index in [1.54, 1.807) is 13.8 Å². The minimum absolute atomic E-state index is 0.126. The summed E-state index contributed by atoms with van der Waals surface area (Å²) in [5.41, 5.74) is 12.0. The van der Waals surface area contributed by atoms with Crippen LogP contribution in [-0.4, -0.2) is 59.4 Å². The molecule has 11 nitrogen and oxygen atoms in total. The molecule has 32 heavy (non-hydrogen) atoms. The molecule has 0 bridgehead atoms. The predicted octanol–water partition coefficient (Wildman–Crippen LogP) is -1.35. The van der Waals surface area contributed by atoms with Crippen molar-refractivity contribution in [3.8, 4) is 0 Å². The lowest BCUT2D eigenvalue weighted by molar-refractivity contribution is -0.138. The molecule has 4 amide bonds. The highest BCUT2D eigenvalue weighted by Gasteiger charge is 2.30. The Morgan fingerprint density at radius 3 is 2.12 bits per heavy atom. The van der Waals surface area contributed by atoms with Gasteiger partial charge in [0.05, 0.1) is 6.04 Å². The summed E-state index contributed by atoms with van der Waals surface area (Å²) in [4.78, 5) is 59.4. The first-order chi connectivity index (χ1) is 15.0. The van der Waals surface area contributed by atoms with Gasteiger partial charge in [-0.2, -0.15) is 0 Å². The number of primary amides is 1. The number of rotatable bonds is 13. The number of carbonyl (C=O) groups excluding carboxylic acids is 4. The number of carbonyl (C=O) groups is 5. The van der Waals surface area contributed by atoms with E-state index in [1.165, 1.54) is 0 Å². The van der Waals surface area contributed by atoms with Gasteiger partial charge in [0.25, 0.3) is 0 Å². The summed E-state index contributed by atoms with van der Waals surface area (Å²) < 4.78 is 0. The Balaban J connectivity index is 2.83. The zero-order valence-corrected chi connectivity index (χ0v) is 18.2. The van der Waals surface area contributed by atoms with Crippen molar-refractivity contribution in [2.75, 3.05) is 6.54 Å². The maximum atomic E-state index is 12.8. The van der Waals surface area contributed by atoms with E-state index in [2.05, 4.69) is 16.0 Å². The third-order valence-electron chi connectivity index (χ3n) is 4.61. The number of hydrogen-bond acceptors (Lipinski definition) is 6. The van der Waals surface area contributed by atoms with Crippen LogP contribution in [0.5, 0.6) is 0 Å². The highest BCUT2D eigenvalue weighted by molar-refractivity contribution is 5.94. The van der Waals surface area contributed by atoms with Crippen LogP contribution in [0.2, 0.25) is 0 Å². The number of carboxylic acid groups (broad SMARTS) is 1. The average molecular weight is 450 g/mol. The zero-order chi connectivity index (χ0) is 24.3. The van der Waals surface area contributed by atoms with Crippen molar-refractivity contribution in [2.45, 2.75) is 51.2 Å². The topological polar surface area (TPSA) is 194 Å². The fraction of sp³-hybridized carbons (Fsp3) is 0.476. The Labute approximate surface area is 186 Å². The summed E-state index contributed by atoms with van der Waals surface area (Å²) in [6, 6.07) is 6.06. The molecule has 1 aromatic rings. The van der Waals surface area contributed by atoms with Gasteiger partial charge in [-0.05, 0) is 24.3 Å². The quantitative estimate of drug-likeness (QED) is 0.214. The molecule has 0 heterocycles. The molecule has 1 aromatic carbocycles. The van der Waals surface area contributed by atoms with Crippen LogP contribution in [0.25, 0.3) is 0 Å². The molecule has 3 unspecified atom stereocenters. The summed E-state index contributed by atoms with van der Waals surface area (Å²) >= 11 is 0. The number of benzene rings is 1. The Bertz CT molecular complexity index is 814. The van der Waals surface area contributed by atoms with Crippen LogP contribution >= 0.6 is 0 Å². The molecule has 1 rings (SSSR count). The van der Waals surface area contributed by atoms with Crippen LogP contribution in [0.3, 0.4) is 0 Å². The molecule has 0 fully saturated rings. The van der Waals surface area contributed by atoms with E-state index in [9.17, 15) is 24.0 Å². The van der Waals surface area contributed by atoms with Gasteiger partial charge in [0.2, 0.25) is 23.6 Å². The molecule has 11 heteroatoms. The van der Waals surface area contributed by atoms with Crippen LogP contribution in [0.4, 0.5) is 0 Å². The molecule has 0 aliphatic rings. The molecule has 0 radical (unpaired) electrons. The van der Waals surface area contributed by atoms with E-state index in [-0.39, 0.29) is 25.2 Å². The number of nitrogens with one attached hydrogen (secondary N) is 3. The molecule has 0 saturated carbocycles. The van der Waals surface area contributed by atoms with Gasteiger partial charge in [-0.15, -0.1) is 0 Å². The van der Waals surface area contributed by atoms with E-state index >= 15 is 0 Å². The lowest BCUT2D eigenvalue weighted by Crippen LogP contribution is -2.57. The molecule has 0 saturated heterocycles. The highest BCUT2D eigenvalue weighted by Crippen LogP contribution is 2.07. The van der Waals surface area contributed by atoms with Crippen molar-refractivity contribution in [1.82, 2.24) is 16.0 Å². The van der Waals surface area contributed by atoms with Gasteiger partial charge in [-0.25, -0.2) is 0 Å². The maximum absolute atomic E-state index is 12.8. The second kappa shape index (κ2) is 13.1. The standard InChI is InChI=1S/C21H31N5O6/c1-12(2)18(26-19(30)14(22)10-13-6-4-3-5-7-13)21(32)25-15(8-9-16(23)27)20(31)24-11-17(28)29/h3-7,12,14-15,18H,8-11,22H2,1-2H3,(H2,23,27)(H,24,31)(H,25,32)(H,26,30)(H,28,29). The molecule has 0 aliphatic carbocycles. The maximum Gasteiger partial charge on any atom is 0.322 e. The third kappa shape index (κ3) is 9.56. The van der Waals surface area contributed by atoms with Gasteiger partial charge in [0, 0.05) is 6.42 Å². The van der Waals surface area contributed by atoms with Crippen molar-refractivity contribution in [3.63, 3.8) is 0 Å². The first-order valence-electron chi connectivity index (χ1n) is 10.2. The smallest absolute Gasteiger partial charge is 0.322 e. The summed E-state index contributed by atoms with van der Waals surface area (Å²) in [6.07, 6.45) is -0.0527. The Morgan fingerprint density at radius 1 is 0.969 bits per heavy atom. The van der Waals surface area contributed by atoms with Gasteiger partial charge in [-0.3, -0.25) is 24.0 Å². The van der Waals surface area contributed by atoms with E-state index < -0.39 is 54.3 Å². The number of amides is 4. The molecular weight excluding hydrogens is 418 g/mol. The largest absolute Gasteiger partial charge is 0.480 e. The van der Waals surface area contributed by atoms with Crippen LogP contribution in [0.1, 0.15) is 32.3 Å². The van der Waals surface area contributed by atoms with E-state index in [1.807, 2.05) is 30.3 Å². The van der Waals surface area contributed by atoms with Crippen LogP contribution in [-0.2, 0) is 30.4 Å². The van der Waals surface area contributed by atoms with E-state index in [0.717, 1.165) is 5.56 Å². The fourth-order valence-corrected chi connectivity index (χ4v) is 2.86. The third-order valence-corrected chi connectivity index (χ3v) is 4.61. The molecular formula is C21H31N5O6. The molecule has 0 spiro atoms. The van der Waals surface area contributed by atoms with Crippen LogP contribution in [0.15, 0.2) is 30.3 Å². The number of hydrogen-bond donors (Lipinski definition) is 6. The van der Waals surface area contributed by atoms with Crippen LogP contribution < -0.4 is 27.4 Å². The van der Waals surface area contributed by atoms with Gasteiger partial charge in [0.15, 0.2) is 0 Å². The van der Waals surface area contributed by atoms with Crippen molar-refractivity contribution in [1.29, 1.82) is 0 Å².